The van der Waals surface area contributed by atoms with Crippen LogP contribution in [0.1, 0.15) is 22.0 Å². The second-order valence-corrected chi connectivity index (χ2v) is 3.54. The van der Waals surface area contributed by atoms with E-state index in [4.69, 9.17) is 0 Å². The Morgan fingerprint density at radius 1 is 0.882 bits per heavy atom. The monoisotopic (exact) mass is 260 g/mol. The zero-order valence-corrected chi connectivity index (χ0v) is 10.8. The van der Waals surface area contributed by atoms with Crippen molar-refractivity contribution in [3.63, 3.8) is 0 Å². The van der Waals surface area contributed by atoms with Gasteiger partial charge in [0.1, 0.15) is 6.10 Å². The summed E-state index contributed by atoms with van der Waals surface area (Å²) in [6, 6.07) is 17.7. The fourth-order valence-electron chi connectivity index (χ4n) is 1.55. The van der Waals surface area contributed by atoms with Gasteiger partial charge in [-0.25, -0.2) is 0 Å². The van der Waals surface area contributed by atoms with Gasteiger partial charge in [0, 0.05) is 27.3 Å². The van der Waals surface area contributed by atoms with E-state index >= 15 is 0 Å². The van der Waals surface area contributed by atoms with Crippen LogP contribution >= 0.6 is 0 Å². The van der Waals surface area contributed by atoms with E-state index < -0.39 is 6.10 Å². The number of benzene rings is 2. The number of aliphatic hydroxyl groups excluding tert-OH is 1. The van der Waals surface area contributed by atoms with E-state index in [1.54, 1.807) is 48.5 Å². The first kappa shape index (κ1) is 13.8. The van der Waals surface area contributed by atoms with Crippen molar-refractivity contribution in [3.05, 3.63) is 71.8 Å². The van der Waals surface area contributed by atoms with Gasteiger partial charge >= 0.3 is 0 Å². The average molecular weight is 260 g/mol. The van der Waals surface area contributed by atoms with E-state index in [0.717, 1.165) is 0 Å². The molecule has 0 saturated carbocycles. The van der Waals surface area contributed by atoms with Crippen LogP contribution in [-0.2, 0) is 21.7 Å². The first-order valence-electron chi connectivity index (χ1n) is 5.11. The number of Topliss-reactive ketones (excluding diaryl/α,β-unsaturated/α-hetero) is 1. The third kappa shape index (κ3) is 3.37. The van der Waals surface area contributed by atoms with Crippen LogP contribution in [0.2, 0.25) is 0 Å². The molecule has 2 rings (SSSR count). The first-order chi connectivity index (χ1) is 7.79. The largest absolute Gasteiger partial charge is 0.380 e. The number of ketones is 1. The summed E-state index contributed by atoms with van der Waals surface area (Å²) >= 11 is 0. The van der Waals surface area contributed by atoms with Crippen molar-refractivity contribution in [1.29, 1.82) is 0 Å². The topological polar surface area (TPSA) is 37.3 Å². The number of carbonyl (C=O) groups excluding carboxylic acids is 1. The molecule has 1 unspecified atom stereocenters. The summed E-state index contributed by atoms with van der Waals surface area (Å²) in [5.74, 6) is -0.271. The van der Waals surface area contributed by atoms with Crippen LogP contribution in [0.15, 0.2) is 60.7 Å². The van der Waals surface area contributed by atoms with Crippen molar-refractivity contribution >= 4 is 5.78 Å². The van der Waals surface area contributed by atoms with Crippen molar-refractivity contribution in [3.8, 4) is 0 Å². The molecule has 2 aromatic carbocycles. The molecule has 0 heterocycles. The second kappa shape index (κ2) is 6.50. The third-order valence-electron chi connectivity index (χ3n) is 2.42. The van der Waals surface area contributed by atoms with Crippen molar-refractivity contribution in [2.45, 2.75) is 6.10 Å². The molecule has 0 aliphatic rings. The maximum absolute atomic E-state index is 11.9. The molecule has 0 amide bonds. The molecule has 1 N–H and O–H groups in total. The quantitative estimate of drug-likeness (QED) is 0.680. The molecule has 0 radical (unpaired) electrons. The Balaban J connectivity index is 0.00000144. The molecule has 17 heavy (non-hydrogen) atoms. The standard InChI is InChI=1S/C14H12O2.Ti/c15-13(11-7-3-1-4-8-11)14(16)12-9-5-2-6-10-12;/h1-10,13,15H;. The number of hydrogen-bond donors (Lipinski definition) is 1. The van der Waals surface area contributed by atoms with Crippen LogP contribution in [0.4, 0.5) is 0 Å². The number of hydrogen-bond acceptors (Lipinski definition) is 2. The molecule has 0 saturated heterocycles. The average Bonchev–Trinajstić information content (AvgIpc) is 2.39. The summed E-state index contributed by atoms with van der Waals surface area (Å²) in [5.41, 5.74) is 1.15. The second-order valence-electron chi connectivity index (χ2n) is 3.54. The minimum Gasteiger partial charge on any atom is -0.380 e. The fourth-order valence-corrected chi connectivity index (χ4v) is 1.55. The summed E-state index contributed by atoms with van der Waals surface area (Å²) in [4.78, 5) is 11.9. The number of carbonyl (C=O) groups is 1. The van der Waals surface area contributed by atoms with Gasteiger partial charge in [0.2, 0.25) is 0 Å². The van der Waals surface area contributed by atoms with Gasteiger partial charge < -0.3 is 5.11 Å². The molecule has 0 spiro atoms. The van der Waals surface area contributed by atoms with Crippen molar-refractivity contribution in [1.82, 2.24) is 0 Å². The van der Waals surface area contributed by atoms with Crippen molar-refractivity contribution in [2.24, 2.45) is 0 Å². The van der Waals surface area contributed by atoms with Crippen LogP contribution in [0.25, 0.3) is 0 Å². The van der Waals surface area contributed by atoms with Gasteiger partial charge in [0.25, 0.3) is 0 Å². The molecular weight excluding hydrogens is 248 g/mol. The maximum atomic E-state index is 11.9. The number of aliphatic hydroxyl groups is 1. The van der Waals surface area contributed by atoms with E-state index in [1.807, 2.05) is 12.1 Å². The molecule has 0 aliphatic heterocycles. The fraction of sp³-hybridized carbons (Fsp3) is 0.0714. The Labute approximate surface area is 115 Å². The zero-order valence-electron chi connectivity index (χ0n) is 9.21. The summed E-state index contributed by atoms with van der Waals surface area (Å²) < 4.78 is 0. The third-order valence-corrected chi connectivity index (χ3v) is 2.42. The van der Waals surface area contributed by atoms with Gasteiger partial charge in [-0.05, 0) is 5.56 Å². The summed E-state index contributed by atoms with van der Waals surface area (Å²) in [7, 11) is 0. The Hall–Kier alpha value is -1.22. The maximum Gasteiger partial charge on any atom is 0.195 e. The SMILES string of the molecule is O=C(c1ccccc1)C(O)c1ccccc1.[Ti]. The van der Waals surface area contributed by atoms with Gasteiger partial charge in [-0.1, -0.05) is 60.7 Å². The van der Waals surface area contributed by atoms with Gasteiger partial charge in [0.05, 0.1) is 0 Å². The molecule has 1 atom stereocenters. The van der Waals surface area contributed by atoms with Crippen LogP contribution in [0.3, 0.4) is 0 Å². The molecule has 2 nitrogen and oxygen atoms in total. The molecule has 84 valence electrons. The molecule has 0 aliphatic carbocycles. The van der Waals surface area contributed by atoms with E-state index in [0.29, 0.717) is 11.1 Å². The van der Waals surface area contributed by atoms with Gasteiger partial charge in [-0.3, -0.25) is 4.79 Å². The van der Waals surface area contributed by atoms with Crippen molar-refractivity contribution < 1.29 is 31.6 Å². The van der Waals surface area contributed by atoms with E-state index in [-0.39, 0.29) is 27.5 Å². The molecular formula is C14H12O2Ti. The summed E-state index contributed by atoms with van der Waals surface area (Å²) in [5, 5.41) is 9.89. The minimum absolute atomic E-state index is 0. The zero-order chi connectivity index (χ0) is 11.4. The van der Waals surface area contributed by atoms with E-state index in [9.17, 15) is 9.90 Å². The summed E-state index contributed by atoms with van der Waals surface area (Å²) in [6.07, 6.45) is -1.08. The normalized spacial score (nSPS) is 11.4. The summed E-state index contributed by atoms with van der Waals surface area (Å²) in [6.45, 7) is 0. The molecule has 0 fully saturated rings. The van der Waals surface area contributed by atoms with E-state index in [1.165, 1.54) is 0 Å². The van der Waals surface area contributed by atoms with Crippen LogP contribution in [0, 0.1) is 0 Å². The molecule has 0 aromatic heterocycles. The number of rotatable bonds is 3. The Morgan fingerprint density at radius 3 is 1.88 bits per heavy atom. The predicted octanol–water partition coefficient (Wildman–Crippen LogP) is 2.60. The minimum atomic E-state index is -1.08. The van der Waals surface area contributed by atoms with Gasteiger partial charge in [-0.2, -0.15) is 0 Å². The smallest absolute Gasteiger partial charge is 0.195 e. The van der Waals surface area contributed by atoms with Crippen LogP contribution in [-0.4, -0.2) is 10.9 Å². The predicted molar refractivity (Wildman–Crippen MR) is 62.2 cm³/mol. The first-order valence-corrected chi connectivity index (χ1v) is 5.11. The Morgan fingerprint density at radius 2 is 1.35 bits per heavy atom. The van der Waals surface area contributed by atoms with E-state index in [2.05, 4.69) is 0 Å². The van der Waals surface area contributed by atoms with Crippen molar-refractivity contribution in [2.75, 3.05) is 0 Å². The molecule has 0 bridgehead atoms. The Bertz CT molecular complexity index is 468. The molecule has 3 heteroatoms. The Kier molecular flexibility index (Phi) is 5.30. The van der Waals surface area contributed by atoms with Crippen LogP contribution < -0.4 is 0 Å². The van der Waals surface area contributed by atoms with Gasteiger partial charge in [-0.15, -0.1) is 0 Å². The van der Waals surface area contributed by atoms with Gasteiger partial charge in [0.15, 0.2) is 5.78 Å². The molecule has 2 aromatic rings. The van der Waals surface area contributed by atoms with Crippen LogP contribution in [0.5, 0.6) is 0 Å².